The zero-order valence-electron chi connectivity index (χ0n) is 14.4. The summed E-state index contributed by atoms with van der Waals surface area (Å²) in [6, 6.07) is 5.95. The Balaban J connectivity index is 1.54. The van der Waals surface area contributed by atoms with Crippen LogP contribution in [-0.4, -0.2) is 56.9 Å². The first-order valence-corrected chi connectivity index (χ1v) is 8.57. The highest BCUT2D eigenvalue weighted by Crippen LogP contribution is 2.29. The average Bonchev–Trinajstić information content (AvgIpc) is 3.05. The molecule has 2 atom stereocenters. The molecule has 1 fully saturated rings. The van der Waals surface area contributed by atoms with Crippen LogP contribution in [0.4, 0.5) is 0 Å². The molecule has 2 aliphatic heterocycles. The minimum absolute atomic E-state index is 0.0181. The summed E-state index contributed by atoms with van der Waals surface area (Å²) in [5, 5.41) is 3.03. The average molecular weight is 334 g/mol. The SMILES string of the molecule is COc1ccc2c(c1)OC(C)CN(CCNC(=O)C1CCOC1)C2. The van der Waals surface area contributed by atoms with Gasteiger partial charge >= 0.3 is 0 Å². The fourth-order valence-electron chi connectivity index (χ4n) is 3.22. The van der Waals surface area contributed by atoms with Gasteiger partial charge in [0.1, 0.15) is 17.6 Å². The molecule has 0 aromatic heterocycles. The molecule has 0 radical (unpaired) electrons. The van der Waals surface area contributed by atoms with Crippen molar-refractivity contribution < 1.29 is 19.0 Å². The number of nitrogens with one attached hydrogen (secondary N) is 1. The van der Waals surface area contributed by atoms with Crippen LogP contribution in [0.2, 0.25) is 0 Å². The number of hydrogen-bond acceptors (Lipinski definition) is 5. The minimum atomic E-state index is 0.0181. The highest BCUT2D eigenvalue weighted by atomic mass is 16.5. The Hall–Kier alpha value is -1.79. The molecule has 2 aliphatic rings. The van der Waals surface area contributed by atoms with E-state index in [4.69, 9.17) is 14.2 Å². The monoisotopic (exact) mass is 334 g/mol. The number of nitrogens with zero attached hydrogens (tertiary/aromatic N) is 1. The predicted molar refractivity (Wildman–Crippen MR) is 90.3 cm³/mol. The number of methoxy groups -OCH3 is 1. The van der Waals surface area contributed by atoms with E-state index >= 15 is 0 Å². The summed E-state index contributed by atoms with van der Waals surface area (Å²) >= 11 is 0. The van der Waals surface area contributed by atoms with Crippen molar-refractivity contribution in [3.05, 3.63) is 23.8 Å². The van der Waals surface area contributed by atoms with Crippen LogP contribution in [0.3, 0.4) is 0 Å². The topological polar surface area (TPSA) is 60.0 Å². The fourth-order valence-corrected chi connectivity index (χ4v) is 3.22. The Morgan fingerprint density at radius 3 is 3.08 bits per heavy atom. The number of carbonyl (C=O) groups excluding carboxylic acids is 1. The molecule has 1 aromatic carbocycles. The summed E-state index contributed by atoms with van der Waals surface area (Å²) in [5.41, 5.74) is 1.15. The third-order valence-corrected chi connectivity index (χ3v) is 4.54. The van der Waals surface area contributed by atoms with Crippen molar-refractivity contribution in [2.75, 3.05) is 40.0 Å². The van der Waals surface area contributed by atoms with Crippen molar-refractivity contribution >= 4 is 5.91 Å². The zero-order chi connectivity index (χ0) is 16.9. The lowest BCUT2D eigenvalue weighted by Crippen LogP contribution is -2.39. The Labute approximate surface area is 143 Å². The minimum Gasteiger partial charge on any atom is -0.497 e. The van der Waals surface area contributed by atoms with Crippen LogP contribution in [0.25, 0.3) is 0 Å². The highest BCUT2D eigenvalue weighted by Gasteiger charge is 2.24. The number of fused-ring (bicyclic) bond motifs is 1. The van der Waals surface area contributed by atoms with E-state index in [1.807, 2.05) is 18.2 Å². The quantitative estimate of drug-likeness (QED) is 0.883. The summed E-state index contributed by atoms with van der Waals surface area (Å²) in [7, 11) is 1.66. The van der Waals surface area contributed by atoms with Gasteiger partial charge < -0.3 is 19.5 Å². The second-order valence-electron chi connectivity index (χ2n) is 6.49. The summed E-state index contributed by atoms with van der Waals surface area (Å²) in [6.45, 7) is 6.41. The lowest BCUT2D eigenvalue weighted by atomic mass is 10.1. The lowest BCUT2D eigenvalue weighted by Gasteiger charge is -2.22. The maximum absolute atomic E-state index is 12.0. The lowest BCUT2D eigenvalue weighted by molar-refractivity contribution is -0.125. The van der Waals surface area contributed by atoms with E-state index in [2.05, 4.69) is 17.1 Å². The van der Waals surface area contributed by atoms with Gasteiger partial charge in [0.15, 0.2) is 0 Å². The van der Waals surface area contributed by atoms with E-state index in [0.717, 1.165) is 43.1 Å². The first-order valence-electron chi connectivity index (χ1n) is 8.57. The summed E-state index contributed by atoms with van der Waals surface area (Å²) in [5.74, 6) is 1.82. The standard InChI is InChI=1S/C18H26N2O4/c1-13-10-20(7-6-19-18(21)15-5-8-23-12-15)11-14-3-4-16(22-2)9-17(14)24-13/h3-4,9,13,15H,5-8,10-12H2,1-2H3,(H,19,21). The van der Waals surface area contributed by atoms with Gasteiger partial charge in [-0.1, -0.05) is 6.07 Å². The third-order valence-electron chi connectivity index (χ3n) is 4.54. The van der Waals surface area contributed by atoms with Crippen molar-refractivity contribution in [3.8, 4) is 11.5 Å². The Morgan fingerprint density at radius 2 is 2.33 bits per heavy atom. The van der Waals surface area contributed by atoms with Crippen molar-refractivity contribution in [1.82, 2.24) is 10.2 Å². The van der Waals surface area contributed by atoms with Gasteiger partial charge in [0.2, 0.25) is 5.91 Å². The van der Waals surface area contributed by atoms with Crippen LogP contribution < -0.4 is 14.8 Å². The zero-order valence-corrected chi connectivity index (χ0v) is 14.4. The predicted octanol–water partition coefficient (Wildman–Crippen LogP) is 1.43. The molecule has 2 unspecified atom stereocenters. The van der Waals surface area contributed by atoms with Crippen molar-refractivity contribution in [2.24, 2.45) is 5.92 Å². The van der Waals surface area contributed by atoms with Crippen LogP contribution in [0, 0.1) is 5.92 Å². The molecule has 24 heavy (non-hydrogen) atoms. The van der Waals surface area contributed by atoms with Gasteiger partial charge in [-0.2, -0.15) is 0 Å². The molecule has 0 bridgehead atoms. The van der Waals surface area contributed by atoms with Crippen LogP contribution >= 0.6 is 0 Å². The Kier molecular flexibility index (Phi) is 5.58. The van der Waals surface area contributed by atoms with Gasteiger partial charge in [-0.15, -0.1) is 0 Å². The maximum atomic E-state index is 12.0. The second-order valence-corrected chi connectivity index (χ2v) is 6.49. The van der Waals surface area contributed by atoms with Gasteiger partial charge in [-0.25, -0.2) is 0 Å². The van der Waals surface area contributed by atoms with Crippen LogP contribution in [0.1, 0.15) is 18.9 Å². The number of carbonyl (C=O) groups is 1. The molecule has 0 aliphatic carbocycles. The molecule has 3 rings (SSSR count). The van der Waals surface area contributed by atoms with Gasteiger partial charge in [0.05, 0.1) is 19.6 Å². The number of benzene rings is 1. The summed E-state index contributed by atoms with van der Waals surface area (Å²) in [6.07, 6.45) is 0.924. The maximum Gasteiger partial charge on any atom is 0.225 e. The Morgan fingerprint density at radius 1 is 1.46 bits per heavy atom. The van der Waals surface area contributed by atoms with E-state index in [-0.39, 0.29) is 17.9 Å². The normalized spacial score (nSPS) is 23.9. The fraction of sp³-hybridized carbons (Fsp3) is 0.611. The molecule has 1 N–H and O–H groups in total. The Bertz CT molecular complexity index is 572. The molecule has 0 saturated carbocycles. The van der Waals surface area contributed by atoms with E-state index in [1.54, 1.807) is 7.11 Å². The first kappa shape index (κ1) is 17.0. The number of hydrogen-bond donors (Lipinski definition) is 1. The molecule has 6 nitrogen and oxygen atoms in total. The summed E-state index contributed by atoms with van der Waals surface area (Å²) in [4.78, 5) is 14.4. The molecule has 2 heterocycles. The molecule has 6 heteroatoms. The highest BCUT2D eigenvalue weighted by molar-refractivity contribution is 5.78. The van der Waals surface area contributed by atoms with E-state index in [9.17, 15) is 4.79 Å². The van der Waals surface area contributed by atoms with Gasteiger partial charge in [-0.3, -0.25) is 9.69 Å². The van der Waals surface area contributed by atoms with Crippen molar-refractivity contribution in [1.29, 1.82) is 0 Å². The smallest absolute Gasteiger partial charge is 0.225 e. The first-order chi connectivity index (χ1) is 11.7. The number of amides is 1. The number of ether oxygens (including phenoxy) is 3. The molecular weight excluding hydrogens is 308 g/mol. The molecule has 1 amide bonds. The molecule has 1 aromatic rings. The largest absolute Gasteiger partial charge is 0.497 e. The molecule has 132 valence electrons. The van der Waals surface area contributed by atoms with Crippen LogP contribution in [0.5, 0.6) is 11.5 Å². The van der Waals surface area contributed by atoms with Gasteiger partial charge in [0, 0.05) is 44.4 Å². The van der Waals surface area contributed by atoms with Crippen LogP contribution in [-0.2, 0) is 16.1 Å². The summed E-state index contributed by atoms with van der Waals surface area (Å²) < 4.78 is 16.5. The second kappa shape index (κ2) is 7.85. The van der Waals surface area contributed by atoms with Crippen molar-refractivity contribution in [3.63, 3.8) is 0 Å². The van der Waals surface area contributed by atoms with Gasteiger partial charge in [0.25, 0.3) is 0 Å². The molecular formula is C18H26N2O4. The van der Waals surface area contributed by atoms with E-state index in [0.29, 0.717) is 19.8 Å². The molecule has 0 spiro atoms. The number of rotatable bonds is 5. The van der Waals surface area contributed by atoms with E-state index in [1.165, 1.54) is 0 Å². The molecule has 1 saturated heterocycles. The van der Waals surface area contributed by atoms with E-state index < -0.39 is 0 Å². The third kappa shape index (κ3) is 4.19. The van der Waals surface area contributed by atoms with Crippen LogP contribution in [0.15, 0.2) is 18.2 Å². The van der Waals surface area contributed by atoms with Gasteiger partial charge in [-0.05, 0) is 19.4 Å². The van der Waals surface area contributed by atoms with Crippen molar-refractivity contribution in [2.45, 2.75) is 26.0 Å².